The predicted octanol–water partition coefficient (Wildman–Crippen LogP) is 2.22. The zero-order valence-corrected chi connectivity index (χ0v) is 18.3. The zero-order chi connectivity index (χ0) is 20.2. The third kappa shape index (κ3) is 3.43. The van der Waals surface area contributed by atoms with Crippen LogP contribution < -0.4 is 5.19 Å². The summed E-state index contributed by atoms with van der Waals surface area (Å²) in [5, 5.41) is 1.29. The van der Waals surface area contributed by atoms with Gasteiger partial charge in [0.2, 0.25) is 0 Å². The van der Waals surface area contributed by atoms with Gasteiger partial charge in [0, 0.05) is 6.42 Å². The predicted molar refractivity (Wildman–Crippen MR) is 106 cm³/mol. The van der Waals surface area contributed by atoms with Crippen LogP contribution in [0.1, 0.15) is 20.3 Å². The summed E-state index contributed by atoms with van der Waals surface area (Å²) in [6.45, 7) is 8.78. The highest BCUT2D eigenvalue weighted by Gasteiger charge is 2.62. The van der Waals surface area contributed by atoms with Gasteiger partial charge >= 0.3 is 5.97 Å². The van der Waals surface area contributed by atoms with Crippen molar-refractivity contribution >= 4 is 19.2 Å². The van der Waals surface area contributed by atoms with Crippen molar-refractivity contribution in [3.63, 3.8) is 0 Å². The quantitative estimate of drug-likeness (QED) is 0.564. The Bertz CT molecular complexity index is 736. The van der Waals surface area contributed by atoms with Gasteiger partial charge in [0.05, 0.1) is 27.9 Å². The van der Waals surface area contributed by atoms with E-state index in [9.17, 15) is 4.79 Å². The molecule has 3 saturated heterocycles. The molecule has 0 spiro atoms. The number of benzene rings is 1. The van der Waals surface area contributed by atoms with Gasteiger partial charge in [-0.1, -0.05) is 48.6 Å². The number of hydrogen-bond acceptors (Lipinski definition) is 6. The van der Waals surface area contributed by atoms with Crippen LogP contribution in [0.3, 0.4) is 0 Å². The number of esters is 1. The second-order valence-corrected chi connectivity index (χ2v) is 13.9. The molecular weight excluding hydrogens is 376 g/mol. The van der Waals surface area contributed by atoms with E-state index in [0.29, 0.717) is 19.1 Å². The lowest BCUT2D eigenvalue weighted by Gasteiger charge is -2.35. The molecule has 3 aliphatic rings. The Hall–Kier alpha value is -1.25. The van der Waals surface area contributed by atoms with Crippen molar-refractivity contribution in [2.75, 3.05) is 13.7 Å². The fourth-order valence-corrected chi connectivity index (χ4v) is 8.05. The molecule has 154 valence electrons. The molecule has 3 aliphatic heterocycles. The number of ether oxygens (including phenoxy) is 5. The molecule has 4 rings (SSSR count). The van der Waals surface area contributed by atoms with Crippen molar-refractivity contribution in [3.8, 4) is 0 Å². The minimum atomic E-state index is -1.98. The molecule has 1 aromatic carbocycles. The first-order chi connectivity index (χ1) is 13.2. The molecule has 5 atom stereocenters. The molecule has 0 amide bonds. The van der Waals surface area contributed by atoms with Gasteiger partial charge in [-0.3, -0.25) is 0 Å². The van der Waals surface area contributed by atoms with Crippen molar-refractivity contribution in [2.24, 2.45) is 0 Å². The summed E-state index contributed by atoms with van der Waals surface area (Å²) in [6.07, 6.45) is -0.454. The van der Waals surface area contributed by atoms with Crippen molar-refractivity contribution in [1.82, 2.24) is 0 Å². The van der Waals surface area contributed by atoms with E-state index < -0.39 is 19.5 Å². The standard InChI is InChI=1S/C21H30O6Si/c1-20(2)25-16-12-24-15-11-21(19(22)23-3,27-17(15)18(16)26-20)13-28(4,5)14-9-7-6-8-10-14/h6-10,15-18H,11-13H2,1-5H3/t15-,16-,17+,18-,21+/m1/s1. The van der Waals surface area contributed by atoms with Crippen LogP contribution in [-0.4, -0.2) is 63.6 Å². The lowest BCUT2D eigenvalue weighted by molar-refractivity contribution is -0.183. The van der Waals surface area contributed by atoms with Crippen molar-refractivity contribution in [1.29, 1.82) is 0 Å². The highest BCUT2D eigenvalue weighted by atomic mass is 28.3. The van der Waals surface area contributed by atoms with Crippen LogP contribution in [0, 0.1) is 0 Å². The third-order valence-electron chi connectivity index (χ3n) is 6.12. The van der Waals surface area contributed by atoms with Crippen LogP contribution in [-0.2, 0) is 28.5 Å². The third-order valence-corrected chi connectivity index (χ3v) is 9.47. The monoisotopic (exact) mass is 406 g/mol. The van der Waals surface area contributed by atoms with Gasteiger partial charge in [-0.15, -0.1) is 0 Å². The summed E-state index contributed by atoms with van der Waals surface area (Å²) in [6, 6.07) is 11.0. The molecule has 28 heavy (non-hydrogen) atoms. The van der Waals surface area contributed by atoms with Crippen molar-refractivity contribution in [3.05, 3.63) is 30.3 Å². The second-order valence-electron chi connectivity index (χ2n) is 9.21. The Morgan fingerprint density at radius 3 is 2.46 bits per heavy atom. The summed E-state index contributed by atoms with van der Waals surface area (Å²) in [7, 11) is -0.550. The Balaban J connectivity index is 1.62. The molecule has 1 aromatic rings. The number of carbonyl (C=O) groups excluding carboxylic acids is 1. The lowest BCUT2D eigenvalue weighted by atomic mass is 9.95. The average Bonchev–Trinajstić information content (AvgIpc) is 3.17. The Morgan fingerprint density at radius 2 is 1.79 bits per heavy atom. The lowest BCUT2D eigenvalue weighted by Crippen LogP contribution is -2.53. The van der Waals surface area contributed by atoms with Gasteiger partial charge in [-0.25, -0.2) is 4.79 Å². The van der Waals surface area contributed by atoms with E-state index in [1.54, 1.807) is 0 Å². The van der Waals surface area contributed by atoms with Crippen LogP contribution in [0.2, 0.25) is 19.1 Å². The molecule has 0 radical (unpaired) electrons. The van der Waals surface area contributed by atoms with Crippen LogP contribution in [0.4, 0.5) is 0 Å². The number of rotatable bonds is 4. The minimum absolute atomic E-state index is 0.177. The molecule has 0 aliphatic carbocycles. The van der Waals surface area contributed by atoms with E-state index in [1.807, 2.05) is 32.0 Å². The number of hydrogen-bond donors (Lipinski definition) is 0. The van der Waals surface area contributed by atoms with Crippen LogP contribution in [0.5, 0.6) is 0 Å². The summed E-state index contributed by atoms with van der Waals surface area (Å²) >= 11 is 0. The summed E-state index contributed by atoms with van der Waals surface area (Å²) in [5.41, 5.74) is -1.01. The first-order valence-electron chi connectivity index (χ1n) is 9.95. The van der Waals surface area contributed by atoms with Gasteiger partial charge < -0.3 is 23.7 Å². The maximum Gasteiger partial charge on any atom is 0.337 e. The molecule has 0 aromatic heterocycles. The minimum Gasteiger partial charge on any atom is -0.467 e. The fraction of sp³-hybridized carbons (Fsp3) is 0.667. The number of fused-ring (bicyclic) bond motifs is 3. The molecular formula is C21H30O6Si. The van der Waals surface area contributed by atoms with E-state index in [-0.39, 0.29) is 30.4 Å². The fourth-order valence-electron chi connectivity index (χ4n) is 4.96. The normalized spacial score (nSPS) is 36.6. The second kappa shape index (κ2) is 6.92. The van der Waals surface area contributed by atoms with Crippen molar-refractivity contribution in [2.45, 2.75) is 75.2 Å². The van der Waals surface area contributed by atoms with E-state index in [4.69, 9.17) is 23.7 Å². The molecule has 0 N–H and O–H groups in total. The Kier molecular flexibility index (Phi) is 4.95. The van der Waals surface area contributed by atoms with E-state index in [0.717, 1.165) is 0 Å². The van der Waals surface area contributed by atoms with Gasteiger partial charge in [-0.2, -0.15) is 0 Å². The zero-order valence-electron chi connectivity index (χ0n) is 17.3. The van der Waals surface area contributed by atoms with Crippen molar-refractivity contribution < 1.29 is 28.5 Å². The highest BCUT2D eigenvalue weighted by molar-refractivity contribution is 6.90. The maximum absolute atomic E-state index is 13.0. The molecule has 7 heteroatoms. The van der Waals surface area contributed by atoms with E-state index in [1.165, 1.54) is 12.3 Å². The number of methoxy groups -OCH3 is 1. The largest absolute Gasteiger partial charge is 0.467 e. The smallest absolute Gasteiger partial charge is 0.337 e. The van der Waals surface area contributed by atoms with Crippen LogP contribution in [0.25, 0.3) is 0 Å². The highest BCUT2D eigenvalue weighted by Crippen LogP contribution is 2.46. The van der Waals surface area contributed by atoms with Gasteiger partial charge in [0.1, 0.15) is 18.3 Å². The molecule has 0 unspecified atom stereocenters. The summed E-state index contributed by atoms with van der Waals surface area (Å²) in [5.74, 6) is -0.998. The molecule has 3 fully saturated rings. The SMILES string of the molecule is COC(=O)[C@@]1(C[Si](C)(C)c2ccccc2)C[C@H]2OC[C@H]3OC(C)(C)O[C@H]3[C@H]2O1. The maximum atomic E-state index is 13.0. The summed E-state index contributed by atoms with van der Waals surface area (Å²) in [4.78, 5) is 13.0. The van der Waals surface area contributed by atoms with Crippen LogP contribution >= 0.6 is 0 Å². The topological polar surface area (TPSA) is 63.2 Å². The van der Waals surface area contributed by atoms with Gasteiger partial charge in [0.15, 0.2) is 11.4 Å². The number of carbonyl (C=O) groups is 1. The molecule has 6 nitrogen and oxygen atoms in total. The van der Waals surface area contributed by atoms with Crippen LogP contribution in [0.15, 0.2) is 30.3 Å². The van der Waals surface area contributed by atoms with E-state index in [2.05, 4.69) is 25.2 Å². The molecule has 0 saturated carbocycles. The summed E-state index contributed by atoms with van der Waals surface area (Å²) < 4.78 is 29.8. The Labute approximate surface area is 167 Å². The first-order valence-corrected chi connectivity index (χ1v) is 13.2. The van der Waals surface area contributed by atoms with Gasteiger partial charge in [0.25, 0.3) is 0 Å². The van der Waals surface area contributed by atoms with E-state index >= 15 is 0 Å². The Morgan fingerprint density at radius 1 is 1.11 bits per heavy atom. The molecule has 3 heterocycles. The first kappa shape index (κ1) is 20.0. The van der Waals surface area contributed by atoms with Gasteiger partial charge in [-0.05, 0) is 19.9 Å². The molecule has 0 bridgehead atoms. The average molecular weight is 407 g/mol.